The summed E-state index contributed by atoms with van der Waals surface area (Å²) in [7, 11) is 1.65. The molecule has 0 aliphatic carbocycles. The molecular formula is C9H18O4. The Kier molecular flexibility index (Phi) is 5.31. The summed E-state index contributed by atoms with van der Waals surface area (Å²) >= 11 is 0. The van der Waals surface area contributed by atoms with Gasteiger partial charge in [-0.3, -0.25) is 0 Å². The summed E-state index contributed by atoms with van der Waals surface area (Å²) in [6, 6.07) is 0. The van der Waals surface area contributed by atoms with E-state index in [0.29, 0.717) is 19.8 Å². The van der Waals surface area contributed by atoms with E-state index in [2.05, 4.69) is 0 Å². The summed E-state index contributed by atoms with van der Waals surface area (Å²) in [5.41, 5.74) is 0. The zero-order valence-electron chi connectivity index (χ0n) is 8.32. The van der Waals surface area contributed by atoms with Crippen LogP contribution >= 0.6 is 0 Å². The lowest BCUT2D eigenvalue weighted by Gasteiger charge is -2.16. The third-order valence-electron chi connectivity index (χ3n) is 1.94. The van der Waals surface area contributed by atoms with Crippen molar-refractivity contribution in [1.82, 2.24) is 0 Å². The van der Waals surface area contributed by atoms with E-state index >= 15 is 0 Å². The maximum absolute atomic E-state index is 5.32. The second kappa shape index (κ2) is 6.32. The summed E-state index contributed by atoms with van der Waals surface area (Å²) in [5, 5.41) is 0. The second-order valence-corrected chi connectivity index (χ2v) is 2.87. The van der Waals surface area contributed by atoms with Gasteiger partial charge in [0.15, 0.2) is 12.6 Å². The first-order valence-electron chi connectivity index (χ1n) is 4.74. The summed E-state index contributed by atoms with van der Waals surface area (Å²) in [6.45, 7) is 4.04. The lowest BCUT2D eigenvalue weighted by molar-refractivity contribution is -0.138. The minimum absolute atomic E-state index is 0.0573. The van der Waals surface area contributed by atoms with Crippen LogP contribution in [0.1, 0.15) is 19.8 Å². The third kappa shape index (κ3) is 4.04. The van der Waals surface area contributed by atoms with E-state index in [-0.39, 0.29) is 12.6 Å². The van der Waals surface area contributed by atoms with Crippen LogP contribution < -0.4 is 0 Å². The molecule has 0 spiro atoms. The van der Waals surface area contributed by atoms with E-state index in [4.69, 9.17) is 18.9 Å². The van der Waals surface area contributed by atoms with Crippen LogP contribution in [0.15, 0.2) is 0 Å². The highest BCUT2D eigenvalue weighted by Gasteiger charge is 2.18. The van der Waals surface area contributed by atoms with E-state index in [0.717, 1.165) is 12.8 Å². The Hall–Kier alpha value is -0.160. The summed E-state index contributed by atoms with van der Waals surface area (Å²) in [6.07, 6.45) is 1.46. The number of hydrogen-bond acceptors (Lipinski definition) is 4. The van der Waals surface area contributed by atoms with E-state index in [1.54, 1.807) is 7.11 Å². The molecule has 4 nitrogen and oxygen atoms in total. The minimum Gasteiger partial charge on any atom is -0.356 e. The van der Waals surface area contributed by atoms with Gasteiger partial charge in [0, 0.05) is 26.6 Å². The van der Waals surface area contributed by atoms with Gasteiger partial charge in [0.25, 0.3) is 0 Å². The molecule has 1 aliphatic heterocycles. The number of ether oxygens (including phenoxy) is 4. The van der Waals surface area contributed by atoms with Gasteiger partial charge in [-0.1, -0.05) is 0 Å². The molecule has 0 aromatic carbocycles. The van der Waals surface area contributed by atoms with Crippen LogP contribution in [0.2, 0.25) is 0 Å². The highest BCUT2D eigenvalue weighted by Crippen LogP contribution is 2.13. The Morgan fingerprint density at radius 1 is 1.38 bits per heavy atom. The fraction of sp³-hybridized carbons (Fsp3) is 1.00. The molecule has 0 radical (unpaired) electrons. The van der Waals surface area contributed by atoms with Crippen LogP contribution in [-0.4, -0.2) is 39.5 Å². The fourth-order valence-corrected chi connectivity index (χ4v) is 1.30. The van der Waals surface area contributed by atoms with Gasteiger partial charge in [-0.2, -0.15) is 0 Å². The Morgan fingerprint density at radius 3 is 2.62 bits per heavy atom. The van der Waals surface area contributed by atoms with Crippen molar-refractivity contribution >= 4 is 0 Å². The molecule has 0 aromatic rings. The van der Waals surface area contributed by atoms with Gasteiger partial charge in [-0.25, -0.2) is 0 Å². The standard InChI is InChI=1S/C9H18O4/c1-3-11-8(10-2)4-5-9-12-6-7-13-9/h8-9H,3-7H2,1-2H3. The molecule has 4 heteroatoms. The maximum Gasteiger partial charge on any atom is 0.157 e. The van der Waals surface area contributed by atoms with Crippen LogP contribution in [0, 0.1) is 0 Å². The SMILES string of the molecule is CCOC(CCC1OCCO1)OC. The number of methoxy groups -OCH3 is 1. The zero-order valence-corrected chi connectivity index (χ0v) is 8.32. The molecular weight excluding hydrogens is 172 g/mol. The molecule has 1 unspecified atom stereocenters. The van der Waals surface area contributed by atoms with Crippen LogP contribution in [0.3, 0.4) is 0 Å². The first kappa shape index (κ1) is 10.9. The normalized spacial score (nSPS) is 20.8. The van der Waals surface area contributed by atoms with Crippen molar-refractivity contribution in [2.45, 2.75) is 32.3 Å². The first-order chi connectivity index (χ1) is 6.36. The lowest BCUT2D eigenvalue weighted by Crippen LogP contribution is -2.18. The summed E-state index contributed by atoms with van der Waals surface area (Å²) < 4.78 is 21.0. The Labute approximate surface area is 79.1 Å². The van der Waals surface area contributed by atoms with Crippen molar-refractivity contribution in [2.24, 2.45) is 0 Å². The van der Waals surface area contributed by atoms with Crippen molar-refractivity contribution in [1.29, 1.82) is 0 Å². The van der Waals surface area contributed by atoms with E-state index < -0.39 is 0 Å². The number of hydrogen-bond donors (Lipinski definition) is 0. The molecule has 1 rings (SSSR count). The van der Waals surface area contributed by atoms with Crippen molar-refractivity contribution < 1.29 is 18.9 Å². The van der Waals surface area contributed by atoms with Crippen molar-refractivity contribution in [3.63, 3.8) is 0 Å². The molecule has 13 heavy (non-hydrogen) atoms. The molecule has 0 aromatic heterocycles. The van der Waals surface area contributed by atoms with Crippen LogP contribution in [0.4, 0.5) is 0 Å². The number of rotatable bonds is 6. The van der Waals surface area contributed by atoms with Crippen LogP contribution in [-0.2, 0) is 18.9 Å². The smallest absolute Gasteiger partial charge is 0.157 e. The average Bonchev–Trinajstić information content (AvgIpc) is 2.64. The van der Waals surface area contributed by atoms with Crippen LogP contribution in [0.5, 0.6) is 0 Å². The Morgan fingerprint density at radius 2 is 2.08 bits per heavy atom. The van der Waals surface area contributed by atoms with Gasteiger partial charge >= 0.3 is 0 Å². The molecule has 0 amide bonds. The predicted molar refractivity (Wildman–Crippen MR) is 47.3 cm³/mol. The second-order valence-electron chi connectivity index (χ2n) is 2.87. The van der Waals surface area contributed by atoms with E-state index in [9.17, 15) is 0 Å². The predicted octanol–water partition coefficient (Wildman–Crippen LogP) is 1.15. The molecule has 1 atom stereocenters. The minimum atomic E-state index is -0.127. The monoisotopic (exact) mass is 190 g/mol. The van der Waals surface area contributed by atoms with Gasteiger partial charge in [-0.15, -0.1) is 0 Å². The van der Waals surface area contributed by atoms with E-state index in [1.807, 2.05) is 6.92 Å². The molecule has 0 N–H and O–H groups in total. The molecule has 1 heterocycles. The topological polar surface area (TPSA) is 36.9 Å². The van der Waals surface area contributed by atoms with Crippen molar-refractivity contribution in [3.8, 4) is 0 Å². The molecule has 1 fully saturated rings. The molecule has 0 saturated carbocycles. The van der Waals surface area contributed by atoms with Crippen molar-refractivity contribution in [2.75, 3.05) is 26.9 Å². The van der Waals surface area contributed by atoms with Gasteiger partial charge in [0.05, 0.1) is 13.2 Å². The summed E-state index contributed by atoms with van der Waals surface area (Å²) in [4.78, 5) is 0. The lowest BCUT2D eigenvalue weighted by atomic mass is 10.3. The first-order valence-corrected chi connectivity index (χ1v) is 4.74. The highest BCUT2D eigenvalue weighted by molar-refractivity contribution is 4.54. The fourth-order valence-electron chi connectivity index (χ4n) is 1.30. The maximum atomic E-state index is 5.32. The quantitative estimate of drug-likeness (QED) is 0.589. The van der Waals surface area contributed by atoms with Gasteiger partial charge < -0.3 is 18.9 Å². The van der Waals surface area contributed by atoms with Gasteiger partial charge in [-0.05, 0) is 6.92 Å². The highest BCUT2D eigenvalue weighted by atomic mass is 16.7. The molecule has 0 bridgehead atoms. The molecule has 1 saturated heterocycles. The zero-order chi connectivity index (χ0) is 9.52. The summed E-state index contributed by atoms with van der Waals surface area (Å²) in [5.74, 6) is 0. The molecule has 78 valence electrons. The van der Waals surface area contributed by atoms with Gasteiger partial charge in [0.1, 0.15) is 0 Å². The average molecular weight is 190 g/mol. The third-order valence-corrected chi connectivity index (χ3v) is 1.94. The Bertz CT molecular complexity index is 123. The van der Waals surface area contributed by atoms with Gasteiger partial charge in [0.2, 0.25) is 0 Å². The van der Waals surface area contributed by atoms with E-state index in [1.165, 1.54) is 0 Å². The van der Waals surface area contributed by atoms with Crippen molar-refractivity contribution in [3.05, 3.63) is 0 Å². The van der Waals surface area contributed by atoms with Crippen LogP contribution in [0.25, 0.3) is 0 Å². The largest absolute Gasteiger partial charge is 0.356 e. The molecule has 1 aliphatic rings. The Balaban J connectivity index is 2.07.